The van der Waals surface area contributed by atoms with Gasteiger partial charge in [0.15, 0.2) is 12.2 Å². The molecule has 0 aromatic carbocycles. The van der Waals surface area contributed by atoms with E-state index in [1.54, 1.807) is 0 Å². The average Bonchev–Trinajstić information content (AvgIpc) is 0.909. The fraction of sp³-hybridized carbons (Fsp3) is 0.954. The number of unbranched alkanes of at least 4 members (excludes halogenated alkanes) is 52. The zero-order valence-corrected chi connectivity index (χ0v) is 71.7. The van der Waals surface area contributed by atoms with Gasteiger partial charge in [0.2, 0.25) is 0 Å². The number of hydrogen-bond donors (Lipinski definition) is 3. The molecule has 6 atom stereocenters. The minimum absolute atomic E-state index is 0.107. The smallest absolute Gasteiger partial charge is 0.462 e. The van der Waals surface area contributed by atoms with Crippen LogP contribution in [-0.4, -0.2) is 96.7 Å². The van der Waals surface area contributed by atoms with Crippen molar-refractivity contribution in [1.29, 1.82) is 0 Å². The number of phosphoric ester groups is 2. The third kappa shape index (κ3) is 78.7. The standard InChI is InChI=1S/C87H170O17P2/c1-8-10-11-12-13-14-15-16-17-26-32-37-42-47-56-63-71-87(92)104-83(75-98-85(90)69-62-55-50-49-53-60-67-80(7)9-2)77-102-106(95,96)100-73-81(88)72-99-105(93,94)101-76-82(74-97-84(89)68-61-54-46-41-36-31-27-23-22-25-30-35-40-45-52-59-66-79(5)6)103-86(91)70-64-57-48-43-38-33-28-21-19-18-20-24-29-34-39-44-51-58-65-78(3)4/h78-83,88H,8-77H2,1-7H3,(H,93,94)(H,95,96)/t80?,81-,82-,83-/m1/s1. The van der Waals surface area contributed by atoms with Gasteiger partial charge in [0.05, 0.1) is 26.4 Å². The lowest BCUT2D eigenvalue weighted by atomic mass is 10.00. The summed E-state index contributed by atoms with van der Waals surface area (Å²) in [7, 11) is -9.93. The van der Waals surface area contributed by atoms with E-state index in [1.807, 2.05) is 0 Å². The number of rotatable bonds is 85. The molecule has 0 radical (unpaired) electrons. The molecule has 0 fully saturated rings. The summed E-state index contributed by atoms with van der Waals surface area (Å²) in [4.78, 5) is 73.2. The second-order valence-electron chi connectivity index (χ2n) is 32.5. The third-order valence-corrected chi connectivity index (χ3v) is 22.6. The monoisotopic (exact) mass is 1550 g/mol. The van der Waals surface area contributed by atoms with Gasteiger partial charge < -0.3 is 33.8 Å². The van der Waals surface area contributed by atoms with Crippen molar-refractivity contribution in [2.24, 2.45) is 17.8 Å². The maximum absolute atomic E-state index is 13.2. The Morgan fingerprint density at radius 3 is 0.717 bits per heavy atom. The SMILES string of the molecule is CCCCCCCCCCCCCCCCCCC(=O)O[C@H](COC(=O)CCCCCCCCC(C)CC)COP(=O)(O)OC[C@H](O)COP(=O)(O)OC[C@@H](COC(=O)CCCCCCCCCCCCCCCCCCC(C)C)OC(=O)CCCCCCCCCCCCCCCCCCCCC(C)C. The number of esters is 4. The number of aliphatic hydroxyl groups excluding tert-OH is 1. The fourth-order valence-electron chi connectivity index (χ4n) is 13.5. The molecule has 0 aliphatic carbocycles. The van der Waals surface area contributed by atoms with Gasteiger partial charge in [0, 0.05) is 25.7 Å². The van der Waals surface area contributed by atoms with Crippen LogP contribution in [0.15, 0.2) is 0 Å². The quantitative estimate of drug-likeness (QED) is 0.0222. The van der Waals surface area contributed by atoms with Crippen molar-refractivity contribution in [2.75, 3.05) is 39.6 Å². The van der Waals surface area contributed by atoms with Gasteiger partial charge in [-0.1, -0.05) is 408 Å². The first-order valence-electron chi connectivity index (χ1n) is 44.9. The summed E-state index contributed by atoms with van der Waals surface area (Å²) in [6, 6.07) is 0. The molecule has 0 rings (SSSR count). The Morgan fingerprint density at radius 1 is 0.274 bits per heavy atom. The van der Waals surface area contributed by atoms with Gasteiger partial charge in [-0.15, -0.1) is 0 Å². The number of hydrogen-bond acceptors (Lipinski definition) is 15. The van der Waals surface area contributed by atoms with E-state index in [0.717, 1.165) is 114 Å². The molecule has 0 aliphatic rings. The van der Waals surface area contributed by atoms with Gasteiger partial charge in [-0.3, -0.25) is 37.3 Å². The van der Waals surface area contributed by atoms with Crippen molar-refractivity contribution in [2.45, 2.75) is 478 Å². The summed E-state index contributed by atoms with van der Waals surface area (Å²) < 4.78 is 68.9. The van der Waals surface area contributed by atoms with Gasteiger partial charge >= 0.3 is 39.5 Å². The van der Waals surface area contributed by atoms with E-state index in [-0.39, 0.29) is 25.7 Å². The van der Waals surface area contributed by atoms with Crippen LogP contribution in [0.2, 0.25) is 0 Å². The third-order valence-electron chi connectivity index (χ3n) is 20.7. The molecule has 0 aromatic heterocycles. The van der Waals surface area contributed by atoms with Crippen LogP contribution < -0.4 is 0 Å². The highest BCUT2D eigenvalue weighted by atomic mass is 31.2. The summed E-state index contributed by atoms with van der Waals surface area (Å²) >= 11 is 0. The summed E-state index contributed by atoms with van der Waals surface area (Å²) in [5, 5.41) is 10.7. The van der Waals surface area contributed by atoms with Crippen LogP contribution in [0.5, 0.6) is 0 Å². The number of carbonyl (C=O) groups is 4. The van der Waals surface area contributed by atoms with Crippen molar-refractivity contribution >= 4 is 39.5 Å². The molecular formula is C87H170O17P2. The molecule has 0 aliphatic heterocycles. The van der Waals surface area contributed by atoms with Gasteiger partial charge in [0.1, 0.15) is 19.3 Å². The summed E-state index contributed by atoms with van der Waals surface area (Å²) in [5.41, 5.74) is 0. The van der Waals surface area contributed by atoms with Crippen LogP contribution in [0.25, 0.3) is 0 Å². The summed E-state index contributed by atoms with van der Waals surface area (Å²) in [5.74, 6) is 0.260. The normalized spacial score (nSPS) is 14.1. The molecule has 3 N–H and O–H groups in total. The first-order valence-corrected chi connectivity index (χ1v) is 47.9. The number of phosphoric acid groups is 2. The summed E-state index contributed by atoms with van der Waals surface area (Å²) in [6.07, 6.45) is 68.1. The van der Waals surface area contributed by atoms with Crippen LogP contribution in [0, 0.1) is 17.8 Å². The lowest BCUT2D eigenvalue weighted by molar-refractivity contribution is -0.161. The molecule has 19 heteroatoms. The van der Waals surface area contributed by atoms with Crippen molar-refractivity contribution in [3.05, 3.63) is 0 Å². The molecule has 0 aromatic rings. The predicted octanol–water partition coefficient (Wildman–Crippen LogP) is 26.5. The Hall–Kier alpha value is -1.94. The number of aliphatic hydroxyl groups is 1. The minimum Gasteiger partial charge on any atom is -0.462 e. The first-order chi connectivity index (χ1) is 51.3. The average molecular weight is 1550 g/mol. The molecule has 0 saturated heterocycles. The Labute approximate surface area is 651 Å². The molecule has 106 heavy (non-hydrogen) atoms. The molecule has 0 amide bonds. The summed E-state index contributed by atoms with van der Waals surface area (Å²) in [6.45, 7) is 12.0. The topological polar surface area (TPSA) is 237 Å². The zero-order valence-electron chi connectivity index (χ0n) is 69.9. The molecule has 630 valence electrons. The van der Waals surface area contributed by atoms with E-state index >= 15 is 0 Å². The van der Waals surface area contributed by atoms with Gasteiger partial charge in [-0.25, -0.2) is 9.13 Å². The lowest BCUT2D eigenvalue weighted by Crippen LogP contribution is -2.30. The predicted molar refractivity (Wildman–Crippen MR) is 437 cm³/mol. The minimum atomic E-state index is -4.97. The Morgan fingerprint density at radius 2 is 0.481 bits per heavy atom. The maximum Gasteiger partial charge on any atom is 0.472 e. The largest absolute Gasteiger partial charge is 0.472 e. The molecule has 0 spiro atoms. The van der Waals surface area contributed by atoms with Crippen molar-refractivity contribution in [1.82, 2.24) is 0 Å². The highest BCUT2D eigenvalue weighted by Crippen LogP contribution is 2.45. The van der Waals surface area contributed by atoms with Crippen LogP contribution in [0.1, 0.15) is 459 Å². The Bertz CT molecular complexity index is 2050. The van der Waals surface area contributed by atoms with Crippen molar-refractivity contribution in [3.8, 4) is 0 Å². The maximum atomic E-state index is 13.2. The fourth-order valence-corrected chi connectivity index (χ4v) is 15.1. The first kappa shape index (κ1) is 104. The van der Waals surface area contributed by atoms with Crippen LogP contribution in [-0.2, 0) is 65.4 Å². The van der Waals surface area contributed by atoms with E-state index in [1.165, 1.54) is 263 Å². The lowest BCUT2D eigenvalue weighted by Gasteiger charge is -2.21. The number of carbonyl (C=O) groups excluding carboxylic acids is 4. The number of ether oxygens (including phenoxy) is 4. The van der Waals surface area contributed by atoms with Gasteiger partial charge in [0.25, 0.3) is 0 Å². The van der Waals surface area contributed by atoms with E-state index in [0.29, 0.717) is 25.7 Å². The van der Waals surface area contributed by atoms with Crippen LogP contribution >= 0.6 is 15.6 Å². The van der Waals surface area contributed by atoms with Crippen molar-refractivity contribution < 1.29 is 80.2 Å². The zero-order chi connectivity index (χ0) is 77.9. The molecule has 0 bridgehead atoms. The second-order valence-corrected chi connectivity index (χ2v) is 35.4. The van der Waals surface area contributed by atoms with E-state index < -0.39 is 97.5 Å². The van der Waals surface area contributed by atoms with Crippen LogP contribution in [0.4, 0.5) is 0 Å². The highest BCUT2D eigenvalue weighted by molar-refractivity contribution is 7.47. The van der Waals surface area contributed by atoms with Crippen LogP contribution in [0.3, 0.4) is 0 Å². The Kier molecular flexibility index (Phi) is 75.6. The van der Waals surface area contributed by atoms with Gasteiger partial charge in [-0.2, -0.15) is 0 Å². The molecule has 0 saturated carbocycles. The Balaban J connectivity index is 5.23. The van der Waals surface area contributed by atoms with Crippen molar-refractivity contribution in [3.63, 3.8) is 0 Å². The second kappa shape index (κ2) is 77.0. The molecule has 17 nitrogen and oxygen atoms in total. The van der Waals surface area contributed by atoms with E-state index in [2.05, 4.69) is 48.5 Å². The molecular weight excluding hydrogens is 1380 g/mol. The van der Waals surface area contributed by atoms with Gasteiger partial charge in [-0.05, 0) is 43.4 Å². The molecule has 0 heterocycles. The van der Waals surface area contributed by atoms with E-state index in [4.69, 9.17) is 37.0 Å². The highest BCUT2D eigenvalue weighted by Gasteiger charge is 2.31. The van der Waals surface area contributed by atoms with E-state index in [9.17, 15) is 43.2 Å². The molecule has 3 unspecified atom stereocenters.